The van der Waals surface area contributed by atoms with Gasteiger partial charge in [-0.05, 0) is 39.5 Å². The average molecular weight is 329 g/mol. The van der Waals surface area contributed by atoms with Gasteiger partial charge in [0.05, 0.1) is 4.47 Å². The monoisotopic (exact) mass is 328 g/mol. The van der Waals surface area contributed by atoms with Crippen molar-refractivity contribution in [3.8, 4) is 0 Å². The zero-order valence-electron chi connectivity index (χ0n) is 11.6. The van der Waals surface area contributed by atoms with Crippen LogP contribution in [0.15, 0.2) is 22.7 Å². The van der Waals surface area contributed by atoms with Crippen LogP contribution in [0.5, 0.6) is 0 Å². The summed E-state index contributed by atoms with van der Waals surface area (Å²) in [6.45, 7) is 8.57. The molecule has 0 bridgehead atoms. The maximum absolute atomic E-state index is 13.8. The van der Waals surface area contributed by atoms with Crippen LogP contribution in [0.25, 0.3) is 0 Å². The molecule has 1 aliphatic rings. The highest BCUT2D eigenvalue weighted by atomic mass is 79.9. The van der Waals surface area contributed by atoms with Crippen molar-refractivity contribution in [2.45, 2.75) is 26.3 Å². The maximum atomic E-state index is 13.8. The SMILES string of the molecule is CCC(C)[C@H](c1ccc(Br)c(F)c1)N1CCNCC1. The van der Waals surface area contributed by atoms with Gasteiger partial charge in [-0.25, -0.2) is 4.39 Å². The van der Waals surface area contributed by atoms with Gasteiger partial charge >= 0.3 is 0 Å². The van der Waals surface area contributed by atoms with Crippen molar-refractivity contribution in [1.82, 2.24) is 10.2 Å². The molecular weight excluding hydrogens is 307 g/mol. The summed E-state index contributed by atoms with van der Waals surface area (Å²) in [6, 6.07) is 5.87. The van der Waals surface area contributed by atoms with E-state index < -0.39 is 0 Å². The molecule has 2 nitrogen and oxygen atoms in total. The molecule has 0 spiro atoms. The van der Waals surface area contributed by atoms with Gasteiger partial charge in [-0.3, -0.25) is 4.90 Å². The molecule has 2 atom stereocenters. The third-order valence-electron chi connectivity index (χ3n) is 4.01. The van der Waals surface area contributed by atoms with Gasteiger partial charge in [-0.2, -0.15) is 0 Å². The van der Waals surface area contributed by atoms with Gasteiger partial charge in [0.2, 0.25) is 0 Å². The molecule has 0 aliphatic carbocycles. The Morgan fingerprint density at radius 1 is 1.37 bits per heavy atom. The van der Waals surface area contributed by atoms with Crippen molar-refractivity contribution in [1.29, 1.82) is 0 Å². The van der Waals surface area contributed by atoms with Crippen molar-refractivity contribution < 1.29 is 4.39 Å². The summed E-state index contributed by atoms with van der Waals surface area (Å²) in [5.74, 6) is 0.361. The lowest BCUT2D eigenvalue weighted by Gasteiger charge is -2.38. The fourth-order valence-corrected chi connectivity index (χ4v) is 3.03. The van der Waals surface area contributed by atoms with Gasteiger partial charge in [0.1, 0.15) is 5.82 Å². The Labute approximate surface area is 123 Å². The summed E-state index contributed by atoms with van der Waals surface area (Å²) in [5.41, 5.74) is 1.09. The standard InChI is InChI=1S/C15H22BrFN2/c1-3-11(2)15(19-8-6-18-7-9-19)12-4-5-13(16)14(17)10-12/h4-5,10-11,15,18H,3,6-9H2,1-2H3/t11?,15-/m1/s1. The zero-order valence-corrected chi connectivity index (χ0v) is 13.2. The fraction of sp³-hybridized carbons (Fsp3) is 0.600. The van der Waals surface area contributed by atoms with Crippen LogP contribution >= 0.6 is 15.9 Å². The number of hydrogen-bond donors (Lipinski definition) is 1. The third kappa shape index (κ3) is 3.56. The lowest BCUT2D eigenvalue weighted by molar-refractivity contribution is 0.128. The number of nitrogens with one attached hydrogen (secondary N) is 1. The average Bonchev–Trinajstić information content (AvgIpc) is 2.44. The Balaban J connectivity index is 2.27. The summed E-state index contributed by atoms with van der Waals surface area (Å²) in [5, 5.41) is 3.38. The summed E-state index contributed by atoms with van der Waals surface area (Å²) in [4.78, 5) is 2.48. The molecule has 1 saturated heterocycles. The molecular formula is C15H22BrFN2. The Morgan fingerprint density at radius 2 is 2.05 bits per heavy atom. The van der Waals surface area contributed by atoms with Crippen LogP contribution in [0.4, 0.5) is 4.39 Å². The first-order valence-electron chi connectivity index (χ1n) is 7.03. The van der Waals surface area contributed by atoms with E-state index in [1.54, 1.807) is 6.07 Å². The van der Waals surface area contributed by atoms with E-state index in [2.05, 4.69) is 40.0 Å². The lowest BCUT2D eigenvalue weighted by Crippen LogP contribution is -2.46. The highest BCUT2D eigenvalue weighted by Gasteiger charge is 2.26. The van der Waals surface area contributed by atoms with Crippen LogP contribution in [0.2, 0.25) is 0 Å². The molecule has 1 unspecified atom stereocenters. The van der Waals surface area contributed by atoms with Crippen LogP contribution in [-0.2, 0) is 0 Å². The minimum absolute atomic E-state index is 0.166. The normalized spacial score (nSPS) is 20.2. The second-order valence-electron chi connectivity index (χ2n) is 5.29. The van der Waals surface area contributed by atoms with E-state index in [4.69, 9.17) is 0 Å². The first kappa shape index (κ1) is 14.9. The minimum Gasteiger partial charge on any atom is -0.314 e. The topological polar surface area (TPSA) is 15.3 Å². The van der Waals surface area contributed by atoms with Crippen molar-refractivity contribution in [2.75, 3.05) is 26.2 Å². The van der Waals surface area contributed by atoms with Gasteiger partial charge in [0, 0.05) is 32.2 Å². The van der Waals surface area contributed by atoms with Crippen LogP contribution in [-0.4, -0.2) is 31.1 Å². The van der Waals surface area contributed by atoms with E-state index in [9.17, 15) is 4.39 Å². The molecule has 1 fully saturated rings. The van der Waals surface area contributed by atoms with E-state index >= 15 is 0 Å². The largest absolute Gasteiger partial charge is 0.314 e. The summed E-state index contributed by atoms with van der Waals surface area (Å²) >= 11 is 3.23. The van der Waals surface area contributed by atoms with Crippen LogP contribution < -0.4 is 5.32 Å². The molecule has 19 heavy (non-hydrogen) atoms. The van der Waals surface area contributed by atoms with E-state index in [-0.39, 0.29) is 5.82 Å². The molecule has 2 rings (SSSR count). The van der Waals surface area contributed by atoms with Gasteiger partial charge in [-0.15, -0.1) is 0 Å². The molecule has 0 saturated carbocycles. The number of benzene rings is 1. The number of halogens is 2. The smallest absolute Gasteiger partial charge is 0.137 e. The second-order valence-corrected chi connectivity index (χ2v) is 6.14. The predicted octanol–water partition coefficient (Wildman–Crippen LogP) is 3.58. The van der Waals surface area contributed by atoms with E-state index in [0.29, 0.717) is 16.4 Å². The molecule has 1 heterocycles. The van der Waals surface area contributed by atoms with Crippen molar-refractivity contribution >= 4 is 15.9 Å². The van der Waals surface area contributed by atoms with Gasteiger partial charge in [-0.1, -0.05) is 26.3 Å². The van der Waals surface area contributed by atoms with Gasteiger partial charge in [0.15, 0.2) is 0 Å². The number of piperazine rings is 1. The molecule has 1 N–H and O–H groups in total. The van der Waals surface area contributed by atoms with E-state index in [1.165, 1.54) is 0 Å². The first-order valence-corrected chi connectivity index (χ1v) is 7.82. The third-order valence-corrected chi connectivity index (χ3v) is 4.66. The van der Waals surface area contributed by atoms with E-state index in [0.717, 1.165) is 38.2 Å². The van der Waals surface area contributed by atoms with E-state index in [1.807, 2.05) is 12.1 Å². The molecule has 1 aromatic rings. The van der Waals surface area contributed by atoms with Crippen LogP contribution in [0, 0.1) is 11.7 Å². The van der Waals surface area contributed by atoms with Crippen molar-refractivity contribution in [2.24, 2.45) is 5.92 Å². The Morgan fingerprint density at radius 3 is 2.63 bits per heavy atom. The Hall–Kier alpha value is -0.450. The fourth-order valence-electron chi connectivity index (χ4n) is 2.78. The van der Waals surface area contributed by atoms with Crippen LogP contribution in [0.1, 0.15) is 31.9 Å². The molecule has 0 amide bonds. The summed E-state index contributed by atoms with van der Waals surface area (Å²) < 4.78 is 14.3. The lowest BCUT2D eigenvalue weighted by atomic mass is 9.90. The molecule has 4 heteroatoms. The zero-order chi connectivity index (χ0) is 13.8. The number of nitrogens with zero attached hydrogens (tertiary/aromatic N) is 1. The number of hydrogen-bond acceptors (Lipinski definition) is 2. The van der Waals surface area contributed by atoms with Gasteiger partial charge < -0.3 is 5.32 Å². The molecule has 0 aromatic heterocycles. The highest BCUT2D eigenvalue weighted by Crippen LogP contribution is 2.32. The van der Waals surface area contributed by atoms with Gasteiger partial charge in [0.25, 0.3) is 0 Å². The molecule has 1 aromatic carbocycles. The Bertz CT molecular complexity index is 419. The molecule has 106 valence electrons. The van der Waals surface area contributed by atoms with Crippen molar-refractivity contribution in [3.63, 3.8) is 0 Å². The Kier molecular flexibility index (Phi) is 5.37. The quantitative estimate of drug-likeness (QED) is 0.908. The highest BCUT2D eigenvalue weighted by molar-refractivity contribution is 9.10. The first-order chi connectivity index (χ1) is 9.13. The second kappa shape index (κ2) is 6.82. The predicted molar refractivity (Wildman–Crippen MR) is 80.7 cm³/mol. The molecule has 0 radical (unpaired) electrons. The number of rotatable bonds is 4. The van der Waals surface area contributed by atoms with Crippen LogP contribution in [0.3, 0.4) is 0 Å². The summed E-state index contributed by atoms with van der Waals surface area (Å²) in [7, 11) is 0. The molecule has 1 aliphatic heterocycles. The van der Waals surface area contributed by atoms with Crippen molar-refractivity contribution in [3.05, 3.63) is 34.1 Å². The maximum Gasteiger partial charge on any atom is 0.137 e. The summed E-state index contributed by atoms with van der Waals surface area (Å²) in [6.07, 6.45) is 1.10. The minimum atomic E-state index is -0.166.